The van der Waals surface area contributed by atoms with Crippen LogP contribution in [0.15, 0.2) is 0 Å². The molecule has 1 atom stereocenters. The molecule has 0 aromatic rings. The van der Waals surface area contributed by atoms with Gasteiger partial charge in [0.05, 0.1) is 0 Å². The maximum atomic E-state index is 12.3. The van der Waals surface area contributed by atoms with Gasteiger partial charge < -0.3 is 16.0 Å². The first-order valence-corrected chi connectivity index (χ1v) is 7.65. The largest absolute Gasteiger partial charge is 0.389 e. The summed E-state index contributed by atoms with van der Waals surface area (Å²) in [5.41, 5.74) is 6.14. The zero-order chi connectivity index (χ0) is 15.3. The average Bonchev–Trinajstić information content (AvgIpc) is 2.99. The first-order valence-electron chi connectivity index (χ1n) is 7.65. The van der Waals surface area contributed by atoms with E-state index in [4.69, 9.17) is 5.73 Å². The first kappa shape index (κ1) is 14.9. The van der Waals surface area contributed by atoms with Crippen molar-refractivity contribution in [2.45, 2.75) is 56.8 Å². The summed E-state index contributed by atoms with van der Waals surface area (Å²) in [6, 6.07) is 0.359. The summed E-state index contributed by atoms with van der Waals surface area (Å²) in [6.07, 6.45) is -1.00. The van der Waals surface area contributed by atoms with Crippen LogP contribution in [0.3, 0.4) is 0 Å². The van der Waals surface area contributed by atoms with E-state index in [2.05, 4.69) is 5.32 Å². The lowest BCUT2D eigenvalue weighted by molar-refractivity contribution is -0.147. The summed E-state index contributed by atoms with van der Waals surface area (Å²) in [7, 11) is 0. The molecule has 2 saturated carbocycles. The van der Waals surface area contributed by atoms with Gasteiger partial charge in [-0.15, -0.1) is 0 Å². The van der Waals surface area contributed by atoms with E-state index in [0.717, 1.165) is 19.3 Å². The number of nitrogens with two attached hydrogens (primary N) is 1. The lowest BCUT2D eigenvalue weighted by atomic mass is 9.76. The molecule has 3 rings (SSSR count). The molecule has 1 saturated heterocycles. The van der Waals surface area contributed by atoms with Crippen LogP contribution in [0.2, 0.25) is 0 Å². The summed E-state index contributed by atoms with van der Waals surface area (Å²) >= 11 is 0. The number of amides is 2. The molecule has 3 aliphatic rings. The van der Waals surface area contributed by atoms with Crippen molar-refractivity contribution in [1.29, 1.82) is 0 Å². The Labute approximate surface area is 122 Å². The van der Waals surface area contributed by atoms with Crippen molar-refractivity contribution in [1.82, 2.24) is 10.2 Å². The number of nitrogens with one attached hydrogen (secondary N) is 1. The molecular formula is C14H22F3N3O. The first-order chi connectivity index (χ1) is 9.77. The highest BCUT2D eigenvalue weighted by atomic mass is 19.4. The van der Waals surface area contributed by atoms with E-state index in [1.807, 2.05) is 0 Å². The Kier molecular flexibility index (Phi) is 3.58. The van der Waals surface area contributed by atoms with E-state index in [1.54, 1.807) is 4.90 Å². The number of rotatable bonds is 2. The number of urea groups is 1. The monoisotopic (exact) mass is 305 g/mol. The second-order valence-corrected chi connectivity index (χ2v) is 6.98. The number of likely N-dealkylation sites (tertiary alicyclic amines) is 1. The van der Waals surface area contributed by atoms with Crippen molar-refractivity contribution < 1.29 is 18.0 Å². The smallest absolute Gasteiger partial charge is 0.335 e. The lowest BCUT2D eigenvalue weighted by Crippen LogP contribution is -2.53. The second kappa shape index (κ2) is 5.04. The van der Waals surface area contributed by atoms with Gasteiger partial charge in [-0.05, 0) is 43.4 Å². The van der Waals surface area contributed by atoms with Gasteiger partial charge in [-0.1, -0.05) is 0 Å². The molecule has 0 radical (unpaired) electrons. The van der Waals surface area contributed by atoms with Crippen molar-refractivity contribution >= 4 is 6.03 Å². The van der Waals surface area contributed by atoms with Crippen molar-refractivity contribution in [3.05, 3.63) is 0 Å². The average molecular weight is 305 g/mol. The normalized spacial score (nSPS) is 36.5. The van der Waals surface area contributed by atoms with Gasteiger partial charge in [-0.2, -0.15) is 13.2 Å². The Morgan fingerprint density at radius 2 is 1.81 bits per heavy atom. The van der Waals surface area contributed by atoms with Crippen LogP contribution < -0.4 is 11.1 Å². The fraction of sp³-hybridized carbons (Fsp3) is 0.929. The molecule has 1 spiro atoms. The van der Waals surface area contributed by atoms with Crippen LogP contribution in [0.1, 0.15) is 38.5 Å². The SMILES string of the molecule is NC1CC12CC(NC(=O)N1CCC(CC(F)(F)F)CC1)C2. The molecule has 3 fully saturated rings. The summed E-state index contributed by atoms with van der Waals surface area (Å²) < 4.78 is 37.0. The van der Waals surface area contributed by atoms with E-state index in [0.29, 0.717) is 32.0 Å². The maximum Gasteiger partial charge on any atom is 0.389 e. The number of hydrogen-bond acceptors (Lipinski definition) is 2. The minimum atomic E-state index is -4.10. The molecule has 1 heterocycles. The van der Waals surface area contributed by atoms with Gasteiger partial charge in [0.25, 0.3) is 0 Å². The number of piperidine rings is 1. The topological polar surface area (TPSA) is 58.4 Å². The molecule has 0 aromatic heterocycles. The van der Waals surface area contributed by atoms with Gasteiger partial charge in [0.15, 0.2) is 0 Å². The third kappa shape index (κ3) is 3.27. The Balaban J connectivity index is 1.37. The standard InChI is InChI=1S/C14H22F3N3O/c15-14(16,17)5-9-1-3-20(4-2-9)12(21)19-10-6-13(7-10)8-11(13)18/h9-11H,1-8,18H2,(H,19,21). The summed E-state index contributed by atoms with van der Waals surface area (Å²) in [4.78, 5) is 13.7. The van der Waals surface area contributed by atoms with Crippen molar-refractivity contribution in [2.75, 3.05) is 13.1 Å². The molecule has 1 unspecified atom stereocenters. The predicted molar refractivity (Wildman–Crippen MR) is 71.5 cm³/mol. The Morgan fingerprint density at radius 1 is 1.24 bits per heavy atom. The number of carbonyl (C=O) groups excluding carboxylic acids is 1. The second-order valence-electron chi connectivity index (χ2n) is 6.98. The maximum absolute atomic E-state index is 12.3. The van der Waals surface area contributed by atoms with E-state index in [9.17, 15) is 18.0 Å². The van der Waals surface area contributed by atoms with Gasteiger partial charge in [0.1, 0.15) is 0 Å². The Hall–Kier alpha value is -0.980. The summed E-state index contributed by atoms with van der Waals surface area (Å²) in [5.74, 6) is -0.342. The predicted octanol–water partition coefficient (Wildman–Crippen LogP) is 2.24. The molecule has 21 heavy (non-hydrogen) atoms. The Morgan fingerprint density at radius 3 is 2.29 bits per heavy atom. The molecule has 4 nitrogen and oxygen atoms in total. The van der Waals surface area contributed by atoms with Gasteiger partial charge in [0, 0.05) is 31.6 Å². The van der Waals surface area contributed by atoms with Crippen molar-refractivity contribution in [3.63, 3.8) is 0 Å². The molecule has 2 aliphatic carbocycles. The molecule has 7 heteroatoms. The van der Waals surface area contributed by atoms with Crippen LogP contribution in [0.5, 0.6) is 0 Å². The quantitative estimate of drug-likeness (QED) is 0.822. The molecule has 0 bridgehead atoms. The zero-order valence-electron chi connectivity index (χ0n) is 12.0. The number of carbonyl (C=O) groups is 1. The van der Waals surface area contributed by atoms with Crippen LogP contribution in [0.25, 0.3) is 0 Å². The van der Waals surface area contributed by atoms with Crippen molar-refractivity contribution in [2.24, 2.45) is 17.1 Å². The van der Waals surface area contributed by atoms with E-state index >= 15 is 0 Å². The minimum absolute atomic E-state index is 0.130. The molecule has 2 amide bonds. The fourth-order valence-corrected chi connectivity index (χ4v) is 3.81. The third-order valence-electron chi connectivity index (χ3n) is 5.31. The van der Waals surface area contributed by atoms with Crippen molar-refractivity contribution in [3.8, 4) is 0 Å². The third-order valence-corrected chi connectivity index (χ3v) is 5.31. The Bertz CT molecular complexity index is 412. The van der Waals surface area contributed by atoms with Crippen LogP contribution in [0, 0.1) is 11.3 Å². The number of halogens is 3. The lowest BCUT2D eigenvalue weighted by Gasteiger charge is -2.39. The van der Waals surface area contributed by atoms with E-state index in [-0.39, 0.29) is 23.4 Å². The van der Waals surface area contributed by atoms with E-state index in [1.165, 1.54) is 0 Å². The number of nitrogens with zero attached hydrogens (tertiary/aromatic N) is 1. The van der Waals surface area contributed by atoms with Crippen LogP contribution in [0.4, 0.5) is 18.0 Å². The van der Waals surface area contributed by atoms with Crippen LogP contribution in [-0.2, 0) is 0 Å². The highest BCUT2D eigenvalue weighted by molar-refractivity contribution is 5.74. The van der Waals surface area contributed by atoms with Gasteiger partial charge >= 0.3 is 12.2 Å². The fourth-order valence-electron chi connectivity index (χ4n) is 3.81. The van der Waals surface area contributed by atoms with Crippen LogP contribution in [-0.4, -0.2) is 42.3 Å². The highest BCUT2D eigenvalue weighted by Gasteiger charge is 2.60. The zero-order valence-corrected chi connectivity index (χ0v) is 12.0. The number of alkyl halides is 3. The molecular weight excluding hydrogens is 283 g/mol. The molecule has 0 aromatic carbocycles. The van der Waals surface area contributed by atoms with Crippen LogP contribution >= 0.6 is 0 Å². The van der Waals surface area contributed by atoms with Gasteiger partial charge in [-0.25, -0.2) is 4.79 Å². The summed E-state index contributed by atoms with van der Waals surface area (Å²) in [5, 5.41) is 2.97. The van der Waals surface area contributed by atoms with Gasteiger partial charge in [0.2, 0.25) is 0 Å². The highest BCUT2D eigenvalue weighted by Crippen LogP contribution is 2.59. The number of hydrogen-bond donors (Lipinski definition) is 2. The summed E-state index contributed by atoms with van der Waals surface area (Å²) in [6.45, 7) is 0.841. The van der Waals surface area contributed by atoms with E-state index < -0.39 is 12.6 Å². The van der Waals surface area contributed by atoms with Gasteiger partial charge in [-0.3, -0.25) is 0 Å². The molecule has 120 valence electrons. The molecule has 3 N–H and O–H groups in total. The molecule has 1 aliphatic heterocycles. The minimum Gasteiger partial charge on any atom is -0.335 e.